The van der Waals surface area contributed by atoms with Gasteiger partial charge in [-0.3, -0.25) is 4.79 Å². The van der Waals surface area contributed by atoms with E-state index in [1.165, 1.54) is 0 Å². The average molecular weight is 153 g/mol. The molecule has 1 aliphatic carbocycles. The second-order valence-corrected chi connectivity index (χ2v) is 3.01. The molecule has 0 aromatic carbocycles. The summed E-state index contributed by atoms with van der Waals surface area (Å²) in [5, 5.41) is 0. The quantitative estimate of drug-likeness (QED) is 0.563. The van der Waals surface area contributed by atoms with Gasteiger partial charge in [-0.15, -0.1) is 0 Å². The first kappa shape index (κ1) is 6.83. The molecule has 0 spiro atoms. The summed E-state index contributed by atoms with van der Waals surface area (Å²) in [6, 6.07) is 0. The van der Waals surface area contributed by atoms with E-state index in [9.17, 15) is 4.79 Å². The number of fused-ring (bicyclic) bond motifs is 1. The van der Waals surface area contributed by atoms with Crippen LogP contribution in [-0.4, -0.2) is 18.4 Å². The number of hydrogen-bond acceptors (Lipinski definition) is 2. The summed E-state index contributed by atoms with van der Waals surface area (Å²) >= 11 is 0. The van der Waals surface area contributed by atoms with Crippen LogP contribution >= 0.6 is 0 Å². The van der Waals surface area contributed by atoms with Crippen molar-refractivity contribution in [2.45, 2.75) is 19.8 Å². The Morgan fingerprint density at radius 2 is 2.27 bits per heavy atom. The molecule has 11 heavy (non-hydrogen) atoms. The van der Waals surface area contributed by atoms with Crippen molar-refractivity contribution < 1.29 is 9.53 Å². The highest BCUT2D eigenvalue weighted by Gasteiger charge is 2.45. The molecule has 0 aromatic rings. The van der Waals surface area contributed by atoms with Gasteiger partial charge in [-0.2, -0.15) is 4.99 Å². The highest BCUT2D eigenvalue weighted by Crippen LogP contribution is 2.40. The van der Waals surface area contributed by atoms with Crippen LogP contribution in [0.5, 0.6) is 0 Å². The van der Waals surface area contributed by atoms with Crippen molar-refractivity contribution in [3.05, 3.63) is 0 Å². The standard InChI is InChI=1S/C8H11NO2/c1-2-11-8-6-4-3-5(6)7(10)9-8/h5-6H,2-4H2,1H3. The topological polar surface area (TPSA) is 38.7 Å². The molecule has 1 heterocycles. The summed E-state index contributed by atoms with van der Waals surface area (Å²) in [5.74, 6) is 1.23. The highest BCUT2D eigenvalue weighted by atomic mass is 16.5. The van der Waals surface area contributed by atoms with Crippen LogP contribution in [0.2, 0.25) is 0 Å². The third-order valence-corrected chi connectivity index (χ3v) is 2.42. The molecule has 2 rings (SSSR count). The predicted octanol–water partition coefficient (Wildman–Crippen LogP) is 0.988. The van der Waals surface area contributed by atoms with Crippen molar-refractivity contribution in [3.8, 4) is 0 Å². The van der Waals surface area contributed by atoms with Gasteiger partial charge in [0.1, 0.15) is 0 Å². The van der Waals surface area contributed by atoms with Crippen molar-refractivity contribution in [1.82, 2.24) is 0 Å². The van der Waals surface area contributed by atoms with Crippen LogP contribution in [0, 0.1) is 11.8 Å². The second kappa shape index (κ2) is 2.32. The van der Waals surface area contributed by atoms with Crippen LogP contribution in [0.3, 0.4) is 0 Å². The fourth-order valence-electron chi connectivity index (χ4n) is 1.65. The first-order chi connectivity index (χ1) is 5.33. The summed E-state index contributed by atoms with van der Waals surface area (Å²) < 4.78 is 5.24. The Kier molecular flexibility index (Phi) is 1.44. The van der Waals surface area contributed by atoms with Crippen molar-refractivity contribution >= 4 is 11.8 Å². The highest BCUT2D eigenvalue weighted by molar-refractivity contribution is 6.02. The molecule has 1 saturated carbocycles. The monoisotopic (exact) mass is 153 g/mol. The van der Waals surface area contributed by atoms with Gasteiger partial charge in [-0.1, -0.05) is 0 Å². The lowest BCUT2D eigenvalue weighted by Crippen LogP contribution is -2.31. The van der Waals surface area contributed by atoms with Crippen molar-refractivity contribution in [2.75, 3.05) is 6.61 Å². The van der Waals surface area contributed by atoms with Gasteiger partial charge < -0.3 is 4.74 Å². The summed E-state index contributed by atoms with van der Waals surface area (Å²) in [7, 11) is 0. The van der Waals surface area contributed by atoms with Crippen molar-refractivity contribution in [1.29, 1.82) is 0 Å². The Morgan fingerprint density at radius 3 is 2.73 bits per heavy atom. The molecule has 2 unspecified atom stereocenters. The number of rotatable bonds is 1. The first-order valence-corrected chi connectivity index (χ1v) is 4.08. The SMILES string of the molecule is CCOC1=NC(=O)C2CCC12. The molecule has 2 atom stereocenters. The zero-order chi connectivity index (χ0) is 7.84. The number of hydrogen-bond donors (Lipinski definition) is 0. The Morgan fingerprint density at radius 1 is 1.55 bits per heavy atom. The number of carbonyl (C=O) groups excluding carboxylic acids is 1. The smallest absolute Gasteiger partial charge is 0.252 e. The lowest BCUT2D eigenvalue weighted by molar-refractivity contribution is -0.123. The zero-order valence-electron chi connectivity index (χ0n) is 6.54. The lowest BCUT2D eigenvalue weighted by Gasteiger charge is -2.28. The van der Waals surface area contributed by atoms with Gasteiger partial charge in [0.15, 0.2) is 5.90 Å². The van der Waals surface area contributed by atoms with E-state index in [0.29, 0.717) is 18.4 Å². The van der Waals surface area contributed by atoms with E-state index in [4.69, 9.17) is 4.74 Å². The fourth-order valence-corrected chi connectivity index (χ4v) is 1.65. The van der Waals surface area contributed by atoms with Crippen LogP contribution in [-0.2, 0) is 9.53 Å². The third-order valence-electron chi connectivity index (χ3n) is 2.42. The van der Waals surface area contributed by atoms with E-state index >= 15 is 0 Å². The molecule has 0 radical (unpaired) electrons. The Bertz CT molecular complexity index is 222. The maximum absolute atomic E-state index is 11.1. The molecule has 1 amide bonds. The minimum atomic E-state index is 0.0321. The summed E-state index contributed by atoms with van der Waals surface area (Å²) in [4.78, 5) is 14.9. The average Bonchev–Trinajstić information content (AvgIpc) is 2.02. The molecule has 0 N–H and O–H groups in total. The first-order valence-electron chi connectivity index (χ1n) is 4.08. The van der Waals surface area contributed by atoms with Crippen LogP contribution in [0.4, 0.5) is 0 Å². The Labute approximate surface area is 65.5 Å². The van der Waals surface area contributed by atoms with Gasteiger partial charge in [-0.25, -0.2) is 0 Å². The number of carbonyl (C=O) groups is 1. The predicted molar refractivity (Wildman–Crippen MR) is 40.3 cm³/mol. The van der Waals surface area contributed by atoms with Gasteiger partial charge in [0.05, 0.1) is 12.5 Å². The van der Waals surface area contributed by atoms with Crippen LogP contribution in [0.1, 0.15) is 19.8 Å². The molecular formula is C8H11NO2. The van der Waals surface area contributed by atoms with Crippen LogP contribution in [0.15, 0.2) is 4.99 Å². The molecule has 0 saturated heterocycles. The maximum atomic E-state index is 11.1. The molecular weight excluding hydrogens is 142 g/mol. The molecule has 60 valence electrons. The number of amides is 1. The van der Waals surface area contributed by atoms with Gasteiger partial charge in [0.2, 0.25) is 0 Å². The third kappa shape index (κ3) is 0.870. The maximum Gasteiger partial charge on any atom is 0.252 e. The molecule has 1 aliphatic heterocycles. The van der Waals surface area contributed by atoms with Gasteiger partial charge in [0.25, 0.3) is 5.91 Å². The zero-order valence-corrected chi connectivity index (χ0v) is 6.54. The van der Waals surface area contributed by atoms with E-state index in [0.717, 1.165) is 12.8 Å². The van der Waals surface area contributed by atoms with Crippen LogP contribution < -0.4 is 0 Å². The fraction of sp³-hybridized carbons (Fsp3) is 0.750. The normalized spacial score (nSPS) is 34.3. The molecule has 3 nitrogen and oxygen atoms in total. The number of aliphatic imine (C=N–C) groups is 1. The molecule has 3 heteroatoms. The van der Waals surface area contributed by atoms with Crippen LogP contribution in [0.25, 0.3) is 0 Å². The molecule has 0 aromatic heterocycles. The van der Waals surface area contributed by atoms with Crippen molar-refractivity contribution in [2.24, 2.45) is 16.8 Å². The Hall–Kier alpha value is -0.860. The summed E-state index contributed by atoms with van der Waals surface area (Å²) in [6.45, 7) is 2.54. The minimum absolute atomic E-state index is 0.0321. The molecule has 0 bridgehead atoms. The van der Waals surface area contributed by atoms with E-state index in [2.05, 4.69) is 4.99 Å². The van der Waals surface area contributed by atoms with Gasteiger partial charge >= 0.3 is 0 Å². The number of ether oxygens (including phenoxy) is 1. The van der Waals surface area contributed by atoms with Gasteiger partial charge in [0, 0.05) is 5.92 Å². The van der Waals surface area contributed by atoms with E-state index in [1.54, 1.807) is 0 Å². The summed E-state index contributed by atoms with van der Waals surface area (Å²) in [5.41, 5.74) is 0. The van der Waals surface area contributed by atoms with Crippen molar-refractivity contribution in [3.63, 3.8) is 0 Å². The lowest BCUT2D eigenvalue weighted by atomic mass is 9.75. The minimum Gasteiger partial charge on any atom is -0.481 e. The summed E-state index contributed by atoms with van der Waals surface area (Å²) in [6.07, 6.45) is 2.08. The second-order valence-electron chi connectivity index (χ2n) is 3.01. The molecule has 1 fully saturated rings. The Balaban J connectivity index is 2.09. The number of nitrogens with zero attached hydrogens (tertiary/aromatic N) is 1. The van der Waals surface area contributed by atoms with Gasteiger partial charge in [-0.05, 0) is 19.8 Å². The largest absolute Gasteiger partial charge is 0.481 e. The van der Waals surface area contributed by atoms with E-state index in [1.807, 2.05) is 6.92 Å². The van der Waals surface area contributed by atoms with E-state index in [-0.39, 0.29) is 11.8 Å². The van der Waals surface area contributed by atoms with E-state index < -0.39 is 0 Å². The molecule has 2 aliphatic rings.